The van der Waals surface area contributed by atoms with Crippen molar-refractivity contribution in [3.8, 4) is 0 Å². The van der Waals surface area contributed by atoms with E-state index < -0.39 is 0 Å². The van der Waals surface area contributed by atoms with E-state index in [2.05, 4.69) is 136 Å². The summed E-state index contributed by atoms with van der Waals surface area (Å²) in [7, 11) is 13.6. The fraction of sp³-hybridized carbons (Fsp3) is 0.235. The molecule has 0 spiro atoms. The van der Waals surface area contributed by atoms with E-state index >= 15 is 0 Å². The van der Waals surface area contributed by atoms with Gasteiger partial charge in [0.2, 0.25) is 0 Å². The van der Waals surface area contributed by atoms with Gasteiger partial charge in [-0.05, 0) is 63.8 Å². The number of hydrazine groups is 1. The molecule has 0 amide bonds. The second-order valence-electron chi connectivity index (χ2n) is 10.3. The summed E-state index contributed by atoms with van der Waals surface area (Å²) in [4.78, 5) is 10.7. The Morgan fingerprint density at radius 1 is 0.537 bits per heavy atom. The summed E-state index contributed by atoms with van der Waals surface area (Å²) < 4.78 is 0. The van der Waals surface area contributed by atoms with Crippen molar-refractivity contribution in [2.75, 3.05) is 14.1 Å². The quantitative estimate of drug-likeness (QED) is 0.0953. The van der Waals surface area contributed by atoms with Gasteiger partial charge in [-0.15, -0.1) is 0 Å². The second-order valence-corrected chi connectivity index (χ2v) is 12.1. The van der Waals surface area contributed by atoms with Crippen LogP contribution in [0.3, 0.4) is 0 Å². The number of halogens is 2. The molecule has 0 radical (unpaired) electrons. The number of aliphatic imine (C=N–C) groups is 2. The van der Waals surface area contributed by atoms with Gasteiger partial charge >= 0.3 is 33.3 Å². The van der Waals surface area contributed by atoms with Crippen LogP contribution in [0.25, 0.3) is 0 Å². The molecular weight excluding hydrogens is 591 g/mol. The van der Waals surface area contributed by atoms with Crippen molar-refractivity contribution in [1.29, 1.82) is 0 Å². The Balaban J connectivity index is 0.00000147. The van der Waals surface area contributed by atoms with Crippen LogP contribution in [0.1, 0.15) is 44.5 Å². The Kier molecular flexibility index (Phi) is 12.2. The minimum atomic E-state index is 0.194. The van der Waals surface area contributed by atoms with Crippen molar-refractivity contribution in [2.45, 2.75) is 41.5 Å². The van der Waals surface area contributed by atoms with Crippen LogP contribution in [-0.2, 0) is 13.1 Å². The molecule has 0 aliphatic rings. The van der Waals surface area contributed by atoms with Crippen LogP contribution < -0.4 is 0 Å². The predicted octanol–water partition coefficient (Wildman–Crippen LogP) is 9.55. The van der Waals surface area contributed by atoms with Gasteiger partial charge in [-0.3, -0.25) is 0 Å². The number of aryl methyl sites for hydroxylation is 6. The van der Waals surface area contributed by atoms with Crippen LogP contribution in [0.2, 0.25) is 0 Å². The second kappa shape index (κ2) is 15.3. The molecular formula is C34H38Cl2FeN4. The first-order valence-electron chi connectivity index (χ1n) is 13.3. The van der Waals surface area contributed by atoms with E-state index in [0.717, 1.165) is 56.4 Å². The van der Waals surface area contributed by atoms with Crippen LogP contribution in [0.4, 0.5) is 11.4 Å². The van der Waals surface area contributed by atoms with E-state index in [9.17, 15) is 0 Å². The third-order valence-electron chi connectivity index (χ3n) is 6.74. The van der Waals surface area contributed by atoms with Crippen LogP contribution in [0.5, 0.6) is 0 Å². The van der Waals surface area contributed by atoms with E-state index in [1.807, 2.05) is 14.1 Å². The Bertz CT molecular complexity index is 1360. The number of hydrogen-bond donors (Lipinski definition) is 0. The summed E-state index contributed by atoms with van der Waals surface area (Å²) in [5, 5.41) is 4.20. The van der Waals surface area contributed by atoms with Gasteiger partial charge in [0.25, 0.3) is 0 Å². The monoisotopic (exact) mass is 628 g/mol. The summed E-state index contributed by atoms with van der Waals surface area (Å²) in [5.74, 6) is 1.64. The average Bonchev–Trinajstić information content (AvgIpc) is 2.92. The van der Waals surface area contributed by atoms with Crippen LogP contribution >= 0.6 is 20.2 Å². The first kappa shape index (κ1) is 32.6. The zero-order valence-corrected chi connectivity index (χ0v) is 27.6. The summed E-state index contributed by atoms with van der Waals surface area (Å²) in [6.45, 7) is 12.7. The first-order chi connectivity index (χ1) is 19.6. The molecule has 0 heterocycles. The molecule has 0 saturated carbocycles. The molecule has 0 saturated heterocycles. The van der Waals surface area contributed by atoms with Crippen molar-refractivity contribution in [2.24, 2.45) is 9.98 Å². The number of rotatable bonds is 5. The molecule has 0 aliphatic heterocycles. The van der Waals surface area contributed by atoms with E-state index in [1.165, 1.54) is 11.1 Å². The molecule has 0 atom stereocenters. The maximum absolute atomic E-state index is 5.35. The maximum atomic E-state index is 5.35. The third-order valence-corrected chi connectivity index (χ3v) is 6.74. The third kappa shape index (κ3) is 8.54. The van der Waals surface area contributed by atoms with Crippen molar-refractivity contribution in [3.63, 3.8) is 0 Å². The zero-order chi connectivity index (χ0) is 30.1. The molecule has 0 unspecified atom stereocenters. The Labute approximate surface area is 260 Å². The molecule has 0 aliphatic carbocycles. The summed E-state index contributed by atoms with van der Waals surface area (Å²) in [5.41, 5.74) is 11.0. The normalized spacial score (nSPS) is 11.9. The van der Waals surface area contributed by atoms with Crippen molar-refractivity contribution < 1.29 is 13.1 Å². The summed E-state index contributed by atoms with van der Waals surface area (Å²) >= 11 is 0.194. The molecule has 4 rings (SSSR count). The Morgan fingerprint density at radius 3 is 1.10 bits per heavy atom. The molecule has 0 bridgehead atoms. The van der Waals surface area contributed by atoms with E-state index in [0.29, 0.717) is 0 Å². The predicted molar refractivity (Wildman–Crippen MR) is 174 cm³/mol. The van der Waals surface area contributed by atoms with Gasteiger partial charge in [0.05, 0.1) is 11.4 Å². The SMILES string of the molecule is Cc1ccc(C(=Nc2c(C)cccc2C)N(C(=Nc2c(C)cccc2C)c2ccc(C)cc2)N(C)C)cc1.[Cl][Fe][Cl]. The van der Waals surface area contributed by atoms with Gasteiger partial charge in [-0.1, -0.05) is 96.1 Å². The summed E-state index contributed by atoms with van der Waals surface area (Å²) in [6.07, 6.45) is 0. The standard InChI is InChI=1S/C34H38N4.2ClH.Fe/c1-23-15-19-29(20-16-23)33(35-31-25(3)11-9-12-26(31)4)38(37(7)8)34(30-21-17-24(2)18-22-30)36-32-27(5)13-10-14-28(32)6;;;/h9-22H,1-8H3;2*1H;/q;;;+2/p-2. The number of amidine groups is 2. The van der Waals surface area contributed by atoms with Gasteiger partial charge in [0.15, 0.2) is 11.7 Å². The summed E-state index contributed by atoms with van der Waals surface area (Å²) in [6, 6.07) is 29.7. The van der Waals surface area contributed by atoms with Crippen LogP contribution in [0.15, 0.2) is 94.9 Å². The molecule has 4 aromatic carbocycles. The fourth-order valence-corrected chi connectivity index (χ4v) is 4.53. The van der Waals surface area contributed by atoms with Crippen molar-refractivity contribution >= 4 is 43.2 Å². The van der Waals surface area contributed by atoms with Crippen LogP contribution in [0, 0.1) is 41.5 Å². The fourth-order valence-electron chi connectivity index (χ4n) is 4.53. The Hall–Kier alpha value is -2.92. The van der Waals surface area contributed by atoms with E-state index in [4.69, 9.17) is 30.2 Å². The van der Waals surface area contributed by atoms with E-state index in [-0.39, 0.29) is 13.1 Å². The first-order valence-corrected chi connectivity index (χ1v) is 16.4. The molecule has 4 nitrogen and oxygen atoms in total. The van der Waals surface area contributed by atoms with Gasteiger partial charge in [-0.25, -0.2) is 20.0 Å². The van der Waals surface area contributed by atoms with Crippen LogP contribution in [-0.4, -0.2) is 35.8 Å². The topological polar surface area (TPSA) is 31.2 Å². The molecule has 7 heteroatoms. The zero-order valence-electron chi connectivity index (χ0n) is 25.0. The van der Waals surface area contributed by atoms with Gasteiger partial charge in [0.1, 0.15) is 0 Å². The van der Waals surface area contributed by atoms with Crippen molar-refractivity contribution in [1.82, 2.24) is 10.0 Å². The average molecular weight is 629 g/mol. The molecule has 216 valence electrons. The molecule has 0 aromatic heterocycles. The van der Waals surface area contributed by atoms with Gasteiger partial charge in [-0.2, -0.15) is 0 Å². The molecule has 4 aromatic rings. The number of benzene rings is 4. The molecule has 0 fully saturated rings. The molecule has 0 N–H and O–H groups in total. The number of hydrogen-bond acceptors (Lipinski definition) is 3. The van der Waals surface area contributed by atoms with Gasteiger partial charge in [0, 0.05) is 25.2 Å². The van der Waals surface area contributed by atoms with Gasteiger partial charge < -0.3 is 0 Å². The Morgan fingerprint density at radius 2 is 0.829 bits per heavy atom. The minimum absolute atomic E-state index is 0.194. The number of para-hydroxylation sites is 2. The molecule has 41 heavy (non-hydrogen) atoms. The van der Waals surface area contributed by atoms with Crippen molar-refractivity contribution in [3.05, 3.63) is 129 Å². The number of nitrogens with zero attached hydrogens (tertiary/aromatic N) is 4. The van der Waals surface area contributed by atoms with E-state index in [1.54, 1.807) is 0 Å².